The largest absolute Gasteiger partial charge is 0.311 e. The summed E-state index contributed by atoms with van der Waals surface area (Å²) in [7, 11) is 0. The van der Waals surface area contributed by atoms with E-state index in [0.717, 1.165) is 29.1 Å². The Balaban J connectivity index is 0.923. The number of fused-ring (bicyclic) bond motifs is 6. The van der Waals surface area contributed by atoms with Crippen molar-refractivity contribution in [2.24, 2.45) is 17.8 Å². The third-order valence-electron chi connectivity index (χ3n) is 17.2. The minimum Gasteiger partial charge on any atom is -0.311 e. The summed E-state index contributed by atoms with van der Waals surface area (Å²) in [6, 6.07) is 87.5. The normalized spacial score (nSPS) is 21.8. The minimum absolute atomic E-state index is 0.348. The molecule has 4 saturated carbocycles. The van der Waals surface area contributed by atoms with Crippen LogP contribution < -0.4 is 4.90 Å². The maximum atomic E-state index is 2.51. The van der Waals surface area contributed by atoms with Gasteiger partial charge in [0.1, 0.15) is 0 Å². The molecule has 0 saturated heterocycles. The summed E-state index contributed by atoms with van der Waals surface area (Å²) < 4.78 is 0. The number of anilines is 3. The average Bonchev–Trinajstić information content (AvgIpc) is 3.86. The van der Waals surface area contributed by atoms with Crippen molar-refractivity contribution in [3.8, 4) is 22.3 Å². The number of hydrogen-bond donors (Lipinski definition) is 0. The lowest BCUT2D eigenvalue weighted by atomic mass is 9.48. The van der Waals surface area contributed by atoms with Gasteiger partial charge in [-0.1, -0.05) is 194 Å². The highest BCUT2D eigenvalue weighted by molar-refractivity contribution is 5.88. The molecule has 0 radical (unpaired) electrons. The van der Waals surface area contributed by atoms with Gasteiger partial charge in [0, 0.05) is 17.1 Å². The summed E-state index contributed by atoms with van der Waals surface area (Å²) in [4.78, 5) is 2.49. The molecule has 0 heterocycles. The lowest BCUT2D eigenvalue weighted by Gasteiger charge is -2.57. The first-order chi connectivity index (χ1) is 33.1. The molecule has 0 atom stereocenters. The molecule has 0 aromatic heterocycles. The molecule has 322 valence electrons. The quantitative estimate of drug-likeness (QED) is 0.147. The lowest BCUT2D eigenvalue weighted by molar-refractivity contribution is -0.00518. The Bertz CT molecular complexity index is 3000. The van der Waals surface area contributed by atoms with Gasteiger partial charge in [0.25, 0.3) is 0 Å². The topological polar surface area (TPSA) is 3.24 Å². The van der Waals surface area contributed by atoms with Gasteiger partial charge >= 0.3 is 0 Å². The second-order valence-electron chi connectivity index (χ2n) is 20.6. The molecule has 9 aromatic rings. The molecule has 15 rings (SSSR count). The van der Waals surface area contributed by atoms with Crippen LogP contribution >= 0.6 is 0 Å². The first-order valence-corrected chi connectivity index (χ1v) is 24.8. The third kappa shape index (κ3) is 5.61. The van der Waals surface area contributed by atoms with Crippen LogP contribution in [0, 0.1) is 17.8 Å². The molecule has 6 aliphatic rings. The molecule has 6 aliphatic carbocycles. The Labute approximate surface area is 395 Å². The van der Waals surface area contributed by atoms with Gasteiger partial charge in [-0.05, 0) is 170 Å². The molecule has 0 amide bonds. The summed E-state index contributed by atoms with van der Waals surface area (Å²) in [5.74, 6) is 2.74. The molecule has 0 N–H and O–H groups in total. The monoisotopic (exact) mass is 859 g/mol. The van der Waals surface area contributed by atoms with E-state index in [9.17, 15) is 0 Å². The maximum Gasteiger partial charge on any atom is 0.0713 e. The summed E-state index contributed by atoms with van der Waals surface area (Å²) in [5, 5.41) is 0. The van der Waals surface area contributed by atoms with E-state index in [0.29, 0.717) is 5.41 Å². The Morgan fingerprint density at radius 3 is 0.866 bits per heavy atom. The van der Waals surface area contributed by atoms with Crippen LogP contribution in [0.4, 0.5) is 17.1 Å². The predicted octanol–water partition coefficient (Wildman–Crippen LogP) is 16.4. The van der Waals surface area contributed by atoms with Crippen LogP contribution in [0.1, 0.15) is 88.6 Å². The van der Waals surface area contributed by atoms with Gasteiger partial charge in [-0.2, -0.15) is 0 Å². The summed E-state index contributed by atoms with van der Waals surface area (Å²) in [6.45, 7) is 0. The van der Waals surface area contributed by atoms with Gasteiger partial charge in [-0.3, -0.25) is 0 Å². The van der Waals surface area contributed by atoms with E-state index in [1.165, 1.54) is 111 Å². The Morgan fingerprint density at radius 2 is 0.537 bits per heavy atom. The second kappa shape index (κ2) is 14.9. The van der Waals surface area contributed by atoms with Crippen LogP contribution in [0.25, 0.3) is 22.3 Å². The molecule has 67 heavy (non-hydrogen) atoms. The fourth-order valence-corrected chi connectivity index (χ4v) is 15.0. The molecule has 0 spiro atoms. The first-order valence-electron chi connectivity index (χ1n) is 24.8. The number of hydrogen-bond acceptors (Lipinski definition) is 1. The Morgan fingerprint density at radius 1 is 0.269 bits per heavy atom. The number of benzene rings is 9. The highest BCUT2D eigenvalue weighted by atomic mass is 15.1. The third-order valence-corrected chi connectivity index (χ3v) is 17.2. The van der Waals surface area contributed by atoms with Gasteiger partial charge < -0.3 is 4.90 Å². The maximum absolute atomic E-state index is 2.51. The second-order valence-corrected chi connectivity index (χ2v) is 20.6. The van der Waals surface area contributed by atoms with Crippen molar-refractivity contribution in [3.05, 3.63) is 281 Å². The van der Waals surface area contributed by atoms with Crippen LogP contribution in [-0.2, 0) is 16.2 Å². The standard InChI is InChI=1S/C66H53N/c1-3-15-49(16-4-1)65(60-23-11-7-19-56(60)57-20-8-12-24-61(57)65)51-29-35-54(36-30-51)67(53-33-27-48(28-34-53)64-42-45-39-46(43-64)41-47(40-45)44-64)55-37-31-52(32-38-55)66(50-17-5-2-6-18-50)62-25-13-9-21-58(62)59-22-10-14-26-63(59)66/h1-38,45-47H,39-44H2. The first kappa shape index (κ1) is 39.0. The van der Waals surface area contributed by atoms with E-state index in [-0.39, 0.29) is 0 Å². The zero-order valence-electron chi connectivity index (χ0n) is 37.9. The zero-order chi connectivity index (χ0) is 44.2. The highest BCUT2D eigenvalue weighted by Crippen LogP contribution is 2.62. The van der Waals surface area contributed by atoms with Gasteiger partial charge in [-0.25, -0.2) is 0 Å². The fourth-order valence-electron chi connectivity index (χ4n) is 15.0. The van der Waals surface area contributed by atoms with Gasteiger partial charge in [0.15, 0.2) is 0 Å². The average molecular weight is 860 g/mol. The molecular weight excluding hydrogens is 807 g/mol. The van der Waals surface area contributed by atoms with Crippen molar-refractivity contribution in [3.63, 3.8) is 0 Å². The van der Waals surface area contributed by atoms with Crippen molar-refractivity contribution in [2.45, 2.75) is 54.8 Å². The zero-order valence-corrected chi connectivity index (χ0v) is 37.9. The van der Waals surface area contributed by atoms with Crippen molar-refractivity contribution < 1.29 is 0 Å². The van der Waals surface area contributed by atoms with E-state index < -0.39 is 10.8 Å². The molecule has 0 unspecified atom stereocenters. The van der Waals surface area contributed by atoms with Crippen LogP contribution in [0.5, 0.6) is 0 Å². The summed E-state index contributed by atoms with van der Waals surface area (Å²) >= 11 is 0. The molecule has 0 aliphatic heterocycles. The van der Waals surface area contributed by atoms with Gasteiger partial charge in [0.05, 0.1) is 10.8 Å². The minimum atomic E-state index is -0.446. The lowest BCUT2D eigenvalue weighted by Crippen LogP contribution is -2.48. The Kier molecular flexibility index (Phi) is 8.67. The molecule has 4 fully saturated rings. The molecule has 1 nitrogen and oxygen atoms in total. The van der Waals surface area contributed by atoms with E-state index in [1.807, 2.05) is 0 Å². The van der Waals surface area contributed by atoms with E-state index >= 15 is 0 Å². The van der Waals surface area contributed by atoms with Crippen LogP contribution in [0.15, 0.2) is 231 Å². The highest BCUT2D eigenvalue weighted by Gasteiger charge is 2.52. The van der Waals surface area contributed by atoms with Crippen LogP contribution in [-0.4, -0.2) is 0 Å². The molecular formula is C66H53N. The fraction of sp³-hybridized carbons (Fsp3) is 0.182. The smallest absolute Gasteiger partial charge is 0.0713 e. The van der Waals surface area contributed by atoms with E-state index in [1.54, 1.807) is 5.56 Å². The van der Waals surface area contributed by atoms with Crippen molar-refractivity contribution in [1.82, 2.24) is 0 Å². The van der Waals surface area contributed by atoms with Crippen molar-refractivity contribution >= 4 is 17.1 Å². The molecule has 1 heteroatoms. The van der Waals surface area contributed by atoms with Gasteiger partial charge in [0.2, 0.25) is 0 Å². The van der Waals surface area contributed by atoms with Gasteiger partial charge in [-0.15, -0.1) is 0 Å². The number of rotatable bonds is 8. The van der Waals surface area contributed by atoms with E-state index in [2.05, 4.69) is 235 Å². The van der Waals surface area contributed by atoms with Crippen LogP contribution in [0.3, 0.4) is 0 Å². The van der Waals surface area contributed by atoms with Crippen molar-refractivity contribution in [1.29, 1.82) is 0 Å². The van der Waals surface area contributed by atoms with Crippen molar-refractivity contribution in [2.75, 3.05) is 4.90 Å². The SMILES string of the molecule is c1ccc(C2(c3ccc(N(c4ccc(C56CC7CC(CC(C7)C5)C6)cc4)c4ccc(C5(c6ccccc6)c6ccccc6-c6ccccc65)cc4)cc3)c3ccccc3-c3ccccc32)cc1. The summed E-state index contributed by atoms with van der Waals surface area (Å²) in [5.41, 5.74) is 20.2. The summed E-state index contributed by atoms with van der Waals surface area (Å²) in [6.07, 6.45) is 8.50. The molecule has 9 aromatic carbocycles. The Hall–Kier alpha value is -7.22. The molecule has 4 bridgehead atoms. The number of nitrogens with zero attached hydrogens (tertiary/aromatic N) is 1. The van der Waals surface area contributed by atoms with E-state index in [4.69, 9.17) is 0 Å². The predicted molar refractivity (Wildman–Crippen MR) is 276 cm³/mol. The van der Waals surface area contributed by atoms with Crippen LogP contribution in [0.2, 0.25) is 0 Å².